The molecule has 1 N–H and O–H groups in total. The molecule has 0 aromatic heterocycles. The normalized spacial score (nSPS) is 22.9. The van der Waals surface area contributed by atoms with Gasteiger partial charge in [0.1, 0.15) is 5.75 Å². The van der Waals surface area contributed by atoms with Crippen molar-refractivity contribution < 1.29 is 9.53 Å². The van der Waals surface area contributed by atoms with Crippen molar-refractivity contribution in [3.05, 3.63) is 29.8 Å². The van der Waals surface area contributed by atoms with E-state index >= 15 is 0 Å². The lowest BCUT2D eigenvalue weighted by atomic mass is 9.82. The van der Waals surface area contributed by atoms with E-state index in [-0.39, 0.29) is 17.4 Å². The number of methoxy groups -OCH3 is 1. The highest BCUT2D eigenvalue weighted by Gasteiger charge is 2.42. The highest BCUT2D eigenvalue weighted by molar-refractivity contribution is 5.83. The number of carbonyl (C=O) groups is 1. The van der Waals surface area contributed by atoms with Crippen LogP contribution in [-0.4, -0.2) is 38.1 Å². The first-order valence-corrected chi connectivity index (χ1v) is 7.66. The van der Waals surface area contributed by atoms with Gasteiger partial charge in [0, 0.05) is 19.2 Å². The van der Waals surface area contributed by atoms with Crippen LogP contribution in [-0.2, 0) is 4.79 Å². The first-order chi connectivity index (χ1) is 10.1. The predicted molar refractivity (Wildman–Crippen MR) is 84.4 cm³/mol. The number of rotatable bonds is 5. The molecule has 2 rings (SSSR count). The number of carbonyl (C=O) groups excluding carboxylic acids is 1. The maximum Gasteiger partial charge on any atom is 0.230 e. The molecule has 4 heteroatoms. The van der Waals surface area contributed by atoms with Gasteiger partial charge in [0.2, 0.25) is 5.91 Å². The summed E-state index contributed by atoms with van der Waals surface area (Å²) in [5.41, 5.74) is 0.804. The lowest BCUT2D eigenvalue weighted by Crippen LogP contribution is -2.44. The number of hydrogen-bond donors (Lipinski definition) is 1. The number of nitrogens with one attached hydrogen (secondary N) is 1. The van der Waals surface area contributed by atoms with Gasteiger partial charge in [0.25, 0.3) is 0 Å². The molecular weight excluding hydrogens is 264 g/mol. The summed E-state index contributed by atoms with van der Waals surface area (Å²) in [6.45, 7) is 5.87. The number of amides is 1. The van der Waals surface area contributed by atoms with Gasteiger partial charge < -0.3 is 15.0 Å². The Morgan fingerprint density at radius 3 is 2.76 bits per heavy atom. The van der Waals surface area contributed by atoms with Crippen LogP contribution >= 0.6 is 0 Å². The summed E-state index contributed by atoms with van der Waals surface area (Å²) in [6, 6.07) is 7.90. The van der Waals surface area contributed by atoms with E-state index in [1.807, 2.05) is 36.2 Å². The van der Waals surface area contributed by atoms with Crippen molar-refractivity contribution in [2.24, 2.45) is 5.41 Å². The Kier molecular flexibility index (Phi) is 4.88. The minimum Gasteiger partial charge on any atom is -0.496 e. The molecule has 0 saturated carbocycles. The molecule has 4 nitrogen and oxygen atoms in total. The molecule has 1 fully saturated rings. The molecule has 0 bridgehead atoms. The second-order valence-electron chi connectivity index (χ2n) is 5.89. The summed E-state index contributed by atoms with van der Waals surface area (Å²) in [6.07, 6.45) is 1.80. The van der Waals surface area contributed by atoms with Gasteiger partial charge in [-0.3, -0.25) is 4.79 Å². The van der Waals surface area contributed by atoms with Gasteiger partial charge in [-0.2, -0.15) is 0 Å². The van der Waals surface area contributed by atoms with E-state index in [1.54, 1.807) is 7.11 Å². The highest BCUT2D eigenvalue weighted by atomic mass is 16.5. The highest BCUT2D eigenvalue weighted by Crippen LogP contribution is 2.35. The van der Waals surface area contributed by atoms with Crippen LogP contribution in [0, 0.1) is 5.41 Å². The Morgan fingerprint density at radius 1 is 1.48 bits per heavy atom. The molecule has 116 valence electrons. The zero-order valence-corrected chi connectivity index (χ0v) is 13.5. The topological polar surface area (TPSA) is 41.6 Å². The third-order valence-electron chi connectivity index (χ3n) is 4.86. The van der Waals surface area contributed by atoms with E-state index in [4.69, 9.17) is 4.74 Å². The average molecular weight is 290 g/mol. The molecule has 1 aromatic carbocycles. The summed E-state index contributed by atoms with van der Waals surface area (Å²) < 4.78 is 5.42. The van der Waals surface area contributed by atoms with Crippen LogP contribution in [0.2, 0.25) is 0 Å². The lowest BCUT2D eigenvalue weighted by molar-refractivity contribution is -0.142. The summed E-state index contributed by atoms with van der Waals surface area (Å²) in [5, 5.41) is 3.33. The molecule has 0 aliphatic carbocycles. The maximum absolute atomic E-state index is 13.0. The fourth-order valence-electron chi connectivity index (χ4n) is 3.15. The van der Waals surface area contributed by atoms with Gasteiger partial charge in [-0.1, -0.05) is 25.1 Å². The van der Waals surface area contributed by atoms with Crippen LogP contribution < -0.4 is 10.1 Å². The standard InChI is InChI=1S/C17H26N2O2/c1-5-17(10-11-18-12-17)16(20)19(3)13(2)14-8-6-7-9-15(14)21-4/h6-9,13,18H,5,10-12H2,1-4H3. The van der Waals surface area contributed by atoms with Crippen LogP contribution in [0.4, 0.5) is 0 Å². The third kappa shape index (κ3) is 2.91. The molecule has 1 heterocycles. The van der Waals surface area contributed by atoms with Crippen LogP contribution in [0.25, 0.3) is 0 Å². The SMILES string of the molecule is CCC1(C(=O)N(C)C(C)c2ccccc2OC)CCNC1. The molecule has 0 spiro atoms. The Labute approximate surface area is 127 Å². The maximum atomic E-state index is 13.0. The summed E-state index contributed by atoms with van der Waals surface area (Å²) >= 11 is 0. The Bertz CT molecular complexity index is 495. The minimum absolute atomic E-state index is 0.00215. The van der Waals surface area contributed by atoms with Crippen molar-refractivity contribution in [1.29, 1.82) is 0 Å². The molecule has 1 aliphatic heterocycles. The number of nitrogens with zero attached hydrogens (tertiary/aromatic N) is 1. The smallest absolute Gasteiger partial charge is 0.230 e. The minimum atomic E-state index is -0.245. The molecule has 2 atom stereocenters. The number of ether oxygens (including phenoxy) is 1. The quantitative estimate of drug-likeness (QED) is 0.906. The van der Waals surface area contributed by atoms with Crippen LogP contribution in [0.3, 0.4) is 0 Å². The van der Waals surface area contributed by atoms with Crippen molar-refractivity contribution in [1.82, 2.24) is 10.2 Å². The fraction of sp³-hybridized carbons (Fsp3) is 0.588. The van der Waals surface area contributed by atoms with Gasteiger partial charge in [-0.15, -0.1) is 0 Å². The fourth-order valence-corrected chi connectivity index (χ4v) is 3.15. The van der Waals surface area contributed by atoms with E-state index in [2.05, 4.69) is 19.2 Å². The molecule has 1 amide bonds. The van der Waals surface area contributed by atoms with Gasteiger partial charge in [0.05, 0.1) is 18.6 Å². The number of para-hydroxylation sites is 1. The van der Waals surface area contributed by atoms with Crippen molar-refractivity contribution in [2.75, 3.05) is 27.2 Å². The van der Waals surface area contributed by atoms with E-state index in [0.717, 1.165) is 37.2 Å². The largest absolute Gasteiger partial charge is 0.496 e. The molecular formula is C17H26N2O2. The van der Waals surface area contributed by atoms with Gasteiger partial charge in [-0.05, 0) is 32.4 Å². The Balaban J connectivity index is 2.22. The number of benzene rings is 1. The summed E-state index contributed by atoms with van der Waals surface area (Å²) in [5.74, 6) is 1.06. The predicted octanol–water partition coefficient (Wildman–Crippen LogP) is 2.60. The molecule has 21 heavy (non-hydrogen) atoms. The van der Waals surface area contributed by atoms with Crippen molar-refractivity contribution in [2.45, 2.75) is 32.7 Å². The Hall–Kier alpha value is -1.55. The van der Waals surface area contributed by atoms with Gasteiger partial charge in [-0.25, -0.2) is 0 Å². The molecule has 1 aliphatic rings. The second kappa shape index (κ2) is 6.48. The van der Waals surface area contributed by atoms with E-state index in [9.17, 15) is 4.79 Å². The van der Waals surface area contributed by atoms with Crippen LogP contribution in [0.5, 0.6) is 5.75 Å². The second-order valence-corrected chi connectivity index (χ2v) is 5.89. The summed E-state index contributed by atoms with van der Waals surface area (Å²) in [7, 11) is 3.57. The van der Waals surface area contributed by atoms with Crippen LogP contribution in [0.1, 0.15) is 38.3 Å². The van der Waals surface area contributed by atoms with Crippen molar-refractivity contribution >= 4 is 5.91 Å². The van der Waals surface area contributed by atoms with Crippen molar-refractivity contribution in [3.8, 4) is 5.75 Å². The zero-order valence-electron chi connectivity index (χ0n) is 13.5. The molecule has 1 aromatic rings. The molecule has 0 radical (unpaired) electrons. The third-order valence-corrected chi connectivity index (χ3v) is 4.86. The molecule has 1 saturated heterocycles. The average Bonchev–Trinajstić information content (AvgIpc) is 3.02. The van der Waals surface area contributed by atoms with Crippen LogP contribution in [0.15, 0.2) is 24.3 Å². The van der Waals surface area contributed by atoms with Gasteiger partial charge >= 0.3 is 0 Å². The number of hydrogen-bond acceptors (Lipinski definition) is 3. The van der Waals surface area contributed by atoms with E-state index in [0.29, 0.717) is 0 Å². The zero-order chi connectivity index (χ0) is 15.5. The Morgan fingerprint density at radius 2 is 2.19 bits per heavy atom. The summed E-state index contributed by atoms with van der Waals surface area (Å²) in [4.78, 5) is 14.8. The molecule has 2 unspecified atom stereocenters. The van der Waals surface area contributed by atoms with E-state index in [1.165, 1.54) is 0 Å². The van der Waals surface area contributed by atoms with Crippen molar-refractivity contribution in [3.63, 3.8) is 0 Å². The van der Waals surface area contributed by atoms with Gasteiger partial charge in [0.15, 0.2) is 0 Å². The lowest BCUT2D eigenvalue weighted by Gasteiger charge is -2.35. The first-order valence-electron chi connectivity index (χ1n) is 7.66. The monoisotopic (exact) mass is 290 g/mol. The first kappa shape index (κ1) is 15.8. The van der Waals surface area contributed by atoms with E-state index < -0.39 is 0 Å².